The van der Waals surface area contributed by atoms with Crippen molar-refractivity contribution in [3.63, 3.8) is 0 Å². The van der Waals surface area contributed by atoms with E-state index in [0.29, 0.717) is 19.6 Å². The summed E-state index contributed by atoms with van der Waals surface area (Å²) in [6.45, 7) is 5.39. The molecule has 1 aromatic carbocycles. The van der Waals surface area contributed by atoms with Crippen LogP contribution >= 0.6 is 0 Å². The Bertz CT molecular complexity index is 726. The fourth-order valence-corrected chi connectivity index (χ4v) is 3.11. The van der Waals surface area contributed by atoms with E-state index in [2.05, 4.69) is 5.10 Å². The van der Waals surface area contributed by atoms with Crippen LogP contribution in [0.4, 0.5) is 0 Å². The van der Waals surface area contributed by atoms with Gasteiger partial charge in [0.25, 0.3) is 0 Å². The lowest BCUT2D eigenvalue weighted by atomic mass is 10.0. The van der Waals surface area contributed by atoms with E-state index in [0.717, 1.165) is 11.1 Å². The third-order valence-electron chi connectivity index (χ3n) is 4.39. The van der Waals surface area contributed by atoms with Crippen LogP contribution in [0.25, 0.3) is 0 Å². The Labute approximate surface area is 141 Å². The van der Waals surface area contributed by atoms with Gasteiger partial charge in [-0.1, -0.05) is 30.3 Å². The summed E-state index contributed by atoms with van der Waals surface area (Å²) in [6.07, 6.45) is 3.61. The summed E-state index contributed by atoms with van der Waals surface area (Å²) in [4.78, 5) is 28.2. The Balaban J connectivity index is 1.81. The Kier molecular flexibility index (Phi) is 4.64. The summed E-state index contributed by atoms with van der Waals surface area (Å²) in [5, 5.41) is 4.20. The Hall–Kier alpha value is -2.63. The van der Waals surface area contributed by atoms with Gasteiger partial charge in [-0.25, -0.2) is 0 Å². The lowest BCUT2D eigenvalue weighted by Crippen LogP contribution is -2.52. The number of aromatic nitrogens is 2. The van der Waals surface area contributed by atoms with Gasteiger partial charge in [-0.3, -0.25) is 14.3 Å². The largest absolute Gasteiger partial charge is 0.339 e. The predicted octanol–water partition coefficient (Wildman–Crippen LogP) is 1.62. The molecule has 2 aromatic rings. The van der Waals surface area contributed by atoms with Gasteiger partial charge in [0.1, 0.15) is 6.54 Å². The third kappa shape index (κ3) is 3.48. The van der Waals surface area contributed by atoms with E-state index in [4.69, 9.17) is 0 Å². The van der Waals surface area contributed by atoms with Gasteiger partial charge in [0, 0.05) is 32.8 Å². The maximum atomic E-state index is 12.8. The van der Waals surface area contributed by atoms with Crippen LogP contribution in [0.1, 0.15) is 24.1 Å². The van der Waals surface area contributed by atoms with Crippen LogP contribution in [0.15, 0.2) is 42.7 Å². The van der Waals surface area contributed by atoms with Crippen molar-refractivity contribution >= 4 is 11.8 Å². The van der Waals surface area contributed by atoms with Crippen molar-refractivity contribution in [2.24, 2.45) is 0 Å². The first-order valence-electron chi connectivity index (χ1n) is 8.13. The normalized spacial score (nSPS) is 17.8. The molecule has 0 unspecified atom stereocenters. The van der Waals surface area contributed by atoms with Gasteiger partial charge in [0.15, 0.2) is 0 Å². The first kappa shape index (κ1) is 16.2. The zero-order valence-electron chi connectivity index (χ0n) is 14.1. The van der Waals surface area contributed by atoms with Gasteiger partial charge >= 0.3 is 0 Å². The number of aryl methyl sites for hydroxylation is 1. The number of carbonyl (C=O) groups excluding carboxylic acids is 2. The fourth-order valence-electron chi connectivity index (χ4n) is 3.11. The quantitative estimate of drug-likeness (QED) is 0.861. The molecule has 0 saturated carbocycles. The highest BCUT2D eigenvalue weighted by molar-refractivity contribution is 5.78. The highest BCUT2D eigenvalue weighted by Crippen LogP contribution is 2.25. The number of rotatable bonds is 3. The number of nitrogens with zero attached hydrogens (tertiary/aromatic N) is 4. The summed E-state index contributed by atoms with van der Waals surface area (Å²) >= 11 is 0. The molecule has 6 heteroatoms. The Morgan fingerprint density at radius 1 is 1.21 bits per heavy atom. The minimum atomic E-state index is -0.118. The van der Waals surface area contributed by atoms with Crippen LogP contribution in [0.2, 0.25) is 0 Å². The van der Waals surface area contributed by atoms with Crippen LogP contribution in [-0.4, -0.2) is 51.0 Å². The second-order valence-corrected chi connectivity index (χ2v) is 6.19. The Morgan fingerprint density at radius 3 is 2.58 bits per heavy atom. The molecule has 126 valence electrons. The molecule has 0 bridgehead atoms. The highest BCUT2D eigenvalue weighted by Gasteiger charge is 2.32. The molecule has 1 aliphatic heterocycles. The molecule has 0 aliphatic carbocycles. The summed E-state index contributed by atoms with van der Waals surface area (Å²) in [5.41, 5.74) is 2.08. The van der Waals surface area contributed by atoms with Gasteiger partial charge in [0.05, 0.1) is 12.2 Å². The minimum Gasteiger partial charge on any atom is -0.339 e. The maximum Gasteiger partial charge on any atom is 0.244 e. The molecule has 3 rings (SSSR count). The van der Waals surface area contributed by atoms with Crippen molar-refractivity contribution in [3.05, 3.63) is 53.9 Å². The highest BCUT2D eigenvalue weighted by atomic mass is 16.2. The van der Waals surface area contributed by atoms with Crippen molar-refractivity contribution in [1.82, 2.24) is 19.6 Å². The Morgan fingerprint density at radius 2 is 1.96 bits per heavy atom. The number of amides is 2. The molecular formula is C18H22N4O2. The summed E-state index contributed by atoms with van der Waals surface area (Å²) < 4.78 is 1.66. The molecule has 0 radical (unpaired) electrons. The average Bonchev–Trinajstić information content (AvgIpc) is 3.00. The first-order chi connectivity index (χ1) is 11.5. The van der Waals surface area contributed by atoms with Crippen LogP contribution in [0.3, 0.4) is 0 Å². The molecular weight excluding hydrogens is 304 g/mol. The molecule has 1 aromatic heterocycles. The second-order valence-electron chi connectivity index (χ2n) is 6.19. The van der Waals surface area contributed by atoms with Gasteiger partial charge in [-0.15, -0.1) is 0 Å². The van der Waals surface area contributed by atoms with Crippen molar-refractivity contribution < 1.29 is 9.59 Å². The van der Waals surface area contributed by atoms with E-state index in [1.165, 1.54) is 0 Å². The van der Waals surface area contributed by atoms with Crippen LogP contribution in [0, 0.1) is 6.92 Å². The number of hydrogen-bond acceptors (Lipinski definition) is 3. The summed E-state index contributed by atoms with van der Waals surface area (Å²) in [7, 11) is 0. The molecule has 1 aliphatic rings. The number of piperazine rings is 1. The van der Waals surface area contributed by atoms with E-state index in [9.17, 15) is 9.59 Å². The van der Waals surface area contributed by atoms with E-state index in [1.54, 1.807) is 22.7 Å². The molecule has 0 N–H and O–H groups in total. The van der Waals surface area contributed by atoms with Crippen molar-refractivity contribution in [3.8, 4) is 0 Å². The summed E-state index contributed by atoms with van der Waals surface area (Å²) in [6, 6.07) is 9.77. The predicted molar refractivity (Wildman–Crippen MR) is 90.1 cm³/mol. The fraction of sp³-hybridized carbons (Fsp3) is 0.389. The van der Waals surface area contributed by atoms with Gasteiger partial charge < -0.3 is 9.80 Å². The zero-order valence-corrected chi connectivity index (χ0v) is 14.1. The monoisotopic (exact) mass is 326 g/mol. The van der Waals surface area contributed by atoms with Crippen LogP contribution in [0.5, 0.6) is 0 Å². The van der Waals surface area contributed by atoms with Crippen LogP contribution in [-0.2, 0) is 16.1 Å². The number of carbonyl (C=O) groups is 2. The molecule has 0 spiro atoms. The van der Waals surface area contributed by atoms with Crippen molar-refractivity contribution in [1.29, 1.82) is 0 Å². The number of benzene rings is 1. The second kappa shape index (κ2) is 6.86. The third-order valence-corrected chi connectivity index (χ3v) is 4.39. The van der Waals surface area contributed by atoms with Crippen molar-refractivity contribution in [2.75, 3.05) is 19.6 Å². The van der Waals surface area contributed by atoms with E-state index >= 15 is 0 Å². The number of hydrogen-bond donors (Lipinski definition) is 0. The van der Waals surface area contributed by atoms with Gasteiger partial charge in [0.2, 0.25) is 11.8 Å². The van der Waals surface area contributed by atoms with Crippen LogP contribution < -0.4 is 0 Å². The molecule has 2 heterocycles. The summed E-state index contributed by atoms with van der Waals surface area (Å²) in [5.74, 6) is 0.0703. The zero-order chi connectivity index (χ0) is 17.1. The van der Waals surface area contributed by atoms with E-state index < -0.39 is 0 Å². The topological polar surface area (TPSA) is 58.4 Å². The first-order valence-corrected chi connectivity index (χ1v) is 8.13. The van der Waals surface area contributed by atoms with Gasteiger partial charge in [-0.05, 0) is 18.1 Å². The molecule has 1 fully saturated rings. The minimum absolute atomic E-state index is 0.0233. The molecule has 1 atom stereocenters. The molecule has 24 heavy (non-hydrogen) atoms. The molecule has 2 amide bonds. The van der Waals surface area contributed by atoms with E-state index in [1.807, 2.05) is 48.4 Å². The molecule has 6 nitrogen and oxygen atoms in total. The maximum absolute atomic E-state index is 12.8. The average molecular weight is 326 g/mol. The lowest BCUT2D eigenvalue weighted by molar-refractivity contribution is -0.142. The van der Waals surface area contributed by atoms with E-state index in [-0.39, 0.29) is 24.4 Å². The van der Waals surface area contributed by atoms with Crippen molar-refractivity contribution in [2.45, 2.75) is 26.4 Å². The lowest BCUT2D eigenvalue weighted by Gasteiger charge is -2.41. The SMILES string of the molecule is CC(=O)N1CCN(C(=O)Cn2cc(C)cn2)[C@H](c2ccccc2)C1. The standard InChI is InChI=1S/C18H22N4O2/c1-14-10-19-21(11-14)13-18(24)22-9-8-20(15(2)23)12-17(22)16-6-4-3-5-7-16/h3-7,10-11,17H,8-9,12-13H2,1-2H3/t17-/m0/s1. The smallest absolute Gasteiger partial charge is 0.244 e. The molecule has 1 saturated heterocycles. The van der Waals surface area contributed by atoms with Gasteiger partial charge in [-0.2, -0.15) is 5.10 Å².